The van der Waals surface area contributed by atoms with Crippen LogP contribution in [-0.4, -0.2) is 35.3 Å². The first kappa shape index (κ1) is 32.3. The van der Waals surface area contributed by atoms with Gasteiger partial charge < -0.3 is 15.7 Å². The highest BCUT2D eigenvalue weighted by Gasteiger charge is 2.23. The molecule has 0 bridgehead atoms. The SMILES string of the molecule is C=C.CC.CCC.CN1C=C1C(=O)O.C\C=C(CN)/N=C(C)\C=C/C(=C\C)C1CC1. The maximum Gasteiger partial charge on any atom is 0.354 e. The lowest BCUT2D eigenvalue weighted by Gasteiger charge is -1.99. The Morgan fingerprint density at radius 3 is 1.93 bits per heavy atom. The third kappa shape index (κ3) is 17.7. The van der Waals surface area contributed by atoms with Crippen molar-refractivity contribution in [3.8, 4) is 0 Å². The van der Waals surface area contributed by atoms with Crippen LogP contribution in [0.15, 0.2) is 65.6 Å². The van der Waals surface area contributed by atoms with Crippen LogP contribution in [0.2, 0.25) is 0 Å². The highest BCUT2D eigenvalue weighted by molar-refractivity contribution is 5.94. The lowest BCUT2D eigenvalue weighted by atomic mass is 10.1. The van der Waals surface area contributed by atoms with Gasteiger partial charge in [0.1, 0.15) is 5.70 Å². The smallest absolute Gasteiger partial charge is 0.354 e. The van der Waals surface area contributed by atoms with E-state index in [2.05, 4.69) is 57.1 Å². The van der Waals surface area contributed by atoms with E-state index in [1.54, 1.807) is 18.1 Å². The average Bonchev–Trinajstić information content (AvgIpc) is 3.68. The summed E-state index contributed by atoms with van der Waals surface area (Å²) in [5, 5.41) is 8.11. The number of carbonyl (C=O) groups is 1. The van der Waals surface area contributed by atoms with Crippen LogP contribution >= 0.6 is 0 Å². The summed E-state index contributed by atoms with van der Waals surface area (Å²) in [6.07, 6.45) is 13.9. The number of nitrogens with zero attached hydrogens (tertiary/aromatic N) is 2. The molecular formula is C25H45N3O2. The third-order valence-electron chi connectivity index (χ3n) is 3.61. The highest BCUT2D eigenvalue weighted by atomic mass is 16.4. The van der Waals surface area contributed by atoms with Crippen molar-refractivity contribution in [2.75, 3.05) is 13.6 Å². The molecule has 0 spiro atoms. The van der Waals surface area contributed by atoms with E-state index in [0.717, 1.165) is 17.3 Å². The molecule has 0 aromatic rings. The first-order valence-electron chi connectivity index (χ1n) is 10.8. The Kier molecular flexibility index (Phi) is 22.9. The second kappa shape index (κ2) is 21.3. The zero-order chi connectivity index (χ0) is 24.1. The van der Waals surface area contributed by atoms with Crippen molar-refractivity contribution < 1.29 is 9.90 Å². The molecule has 0 amide bonds. The van der Waals surface area contributed by atoms with Gasteiger partial charge in [0.05, 0.1) is 0 Å². The average molecular weight is 420 g/mol. The van der Waals surface area contributed by atoms with E-state index in [1.165, 1.54) is 24.8 Å². The summed E-state index contributed by atoms with van der Waals surface area (Å²) in [5.74, 6) is -0.0488. The van der Waals surface area contributed by atoms with E-state index in [-0.39, 0.29) is 0 Å². The second-order valence-electron chi connectivity index (χ2n) is 6.27. The summed E-state index contributed by atoms with van der Waals surface area (Å²) in [4.78, 5) is 15.9. The van der Waals surface area contributed by atoms with Gasteiger partial charge in [-0.1, -0.05) is 52.3 Å². The Balaban J connectivity index is -0.000000430. The molecule has 2 rings (SSSR count). The summed E-state index contributed by atoms with van der Waals surface area (Å²) >= 11 is 0. The van der Waals surface area contributed by atoms with Crippen LogP contribution in [0.25, 0.3) is 0 Å². The van der Waals surface area contributed by atoms with Crippen molar-refractivity contribution in [2.24, 2.45) is 16.6 Å². The Labute approximate surface area is 185 Å². The topological polar surface area (TPSA) is 78.7 Å². The standard InChI is InChI=1S/C14H22N2.C4H5NO2.C3H8.C2H6.C2H4/c1-4-12(13-8-9-13)7-6-11(3)16-14(5-2)10-15;1-5-2-3(5)4(6)7;1-3-2;2*1-2/h4-7,13H,8-10,15H2,1-3H3;2H,1H3,(H,6,7);3H2,1-2H3;1-2H3;1-2H2/b7-6-,12-4+,14-5-,16-11-;;;;. The van der Waals surface area contributed by atoms with Gasteiger partial charge in [-0.2, -0.15) is 0 Å². The van der Waals surface area contributed by atoms with E-state index in [4.69, 9.17) is 10.8 Å². The lowest BCUT2D eigenvalue weighted by Crippen LogP contribution is -2.02. The van der Waals surface area contributed by atoms with Gasteiger partial charge in [0, 0.05) is 31.2 Å². The number of nitrogens with two attached hydrogens (primary N) is 1. The predicted molar refractivity (Wildman–Crippen MR) is 134 cm³/mol. The molecule has 0 aromatic carbocycles. The summed E-state index contributed by atoms with van der Waals surface area (Å²) in [6.45, 7) is 20.8. The molecule has 1 aliphatic heterocycles. The maximum absolute atomic E-state index is 9.86. The third-order valence-corrected chi connectivity index (χ3v) is 3.61. The number of hydrogen-bond acceptors (Lipinski definition) is 4. The van der Waals surface area contributed by atoms with E-state index in [9.17, 15) is 4.79 Å². The van der Waals surface area contributed by atoms with Crippen LogP contribution in [0, 0.1) is 5.92 Å². The fourth-order valence-electron chi connectivity index (χ4n) is 1.95. The number of carboxylic acid groups (broad SMARTS) is 1. The minimum atomic E-state index is -0.845. The molecule has 1 saturated carbocycles. The molecule has 2 aliphatic rings. The first-order valence-corrected chi connectivity index (χ1v) is 10.8. The van der Waals surface area contributed by atoms with Crippen LogP contribution < -0.4 is 5.73 Å². The fraction of sp³-hybridized carbons (Fsp3) is 0.520. The van der Waals surface area contributed by atoms with Crippen LogP contribution in [0.4, 0.5) is 0 Å². The Morgan fingerprint density at radius 1 is 1.23 bits per heavy atom. The molecule has 1 aliphatic carbocycles. The van der Waals surface area contributed by atoms with Crippen LogP contribution in [0.3, 0.4) is 0 Å². The minimum absolute atomic E-state index is 0.389. The summed E-state index contributed by atoms with van der Waals surface area (Å²) in [6, 6.07) is 0. The lowest BCUT2D eigenvalue weighted by molar-refractivity contribution is -0.132. The Bertz CT molecular complexity index is 610. The van der Waals surface area contributed by atoms with Crippen molar-refractivity contribution in [3.05, 3.63) is 60.6 Å². The Hall–Kier alpha value is -2.40. The van der Waals surface area contributed by atoms with Crippen LogP contribution in [-0.2, 0) is 4.79 Å². The van der Waals surface area contributed by atoms with Gasteiger partial charge in [-0.3, -0.25) is 4.99 Å². The maximum atomic E-state index is 9.86. The molecule has 5 nitrogen and oxygen atoms in total. The molecule has 172 valence electrons. The molecule has 0 atom stereocenters. The molecule has 1 fully saturated rings. The number of likely N-dealkylation sites (N-methyl/N-ethyl adjacent to an activating group) is 1. The van der Waals surface area contributed by atoms with E-state index in [1.807, 2.05) is 33.8 Å². The van der Waals surface area contributed by atoms with E-state index >= 15 is 0 Å². The molecule has 1 heterocycles. The molecular weight excluding hydrogens is 374 g/mol. The zero-order valence-electron chi connectivity index (χ0n) is 20.5. The van der Waals surface area contributed by atoms with Gasteiger partial charge in [0.25, 0.3) is 0 Å². The van der Waals surface area contributed by atoms with Crippen LogP contribution in [0.5, 0.6) is 0 Å². The van der Waals surface area contributed by atoms with Crippen molar-refractivity contribution in [2.45, 2.75) is 67.7 Å². The number of hydrogen-bond donors (Lipinski definition) is 2. The van der Waals surface area contributed by atoms with Crippen molar-refractivity contribution >= 4 is 11.7 Å². The number of aliphatic imine (C=N–C) groups is 1. The predicted octanol–water partition coefficient (Wildman–Crippen LogP) is 6.32. The monoisotopic (exact) mass is 419 g/mol. The molecule has 0 aromatic heterocycles. The zero-order valence-corrected chi connectivity index (χ0v) is 20.5. The molecule has 3 N–H and O–H groups in total. The molecule has 5 heteroatoms. The number of carboxylic acids is 1. The van der Waals surface area contributed by atoms with Crippen LogP contribution in [0.1, 0.15) is 67.7 Å². The fourth-order valence-corrected chi connectivity index (χ4v) is 1.95. The van der Waals surface area contributed by atoms with E-state index < -0.39 is 5.97 Å². The molecule has 0 unspecified atom stereocenters. The van der Waals surface area contributed by atoms with Gasteiger partial charge >= 0.3 is 5.97 Å². The number of aliphatic carboxylic acids is 1. The van der Waals surface area contributed by atoms with Gasteiger partial charge in [-0.15, -0.1) is 13.2 Å². The second-order valence-corrected chi connectivity index (χ2v) is 6.27. The van der Waals surface area contributed by atoms with Gasteiger partial charge in [-0.25, -0.2) is 4.79 Å². The molecule has 30 heavy (non-hydrogen) atoms. The molecule has 0 saturated heterocycles. The molecule has 0 radical (unpaired) electrons. The number of allylic oxidation sites excluding steroid dienone is 5. The first-order chi connectivity index (χ1) is 14.3. The van der Waals surface area contributed by atoms with Gasteiger partial charge in [0.15, 0.2) is 0 Å². The summed E-state index contributed by atoms with van der Waals surface area (Å²) < 4.78 is 0. The van der Waals surface area contributed by atoms with Gasteiger partial charge in [-0.05, 0) is 51.2 Å². The summed E-state index contributed by atoms with van der Waals surface area (Å²) in [7, 11) is 1.70. The quantitative estimate of drug-likeness (QED) is 0.300. The van der Waals surface area contributed by atoms with Crippen molar-refractivity contribution in [3.63, 3.8) is 0 Å². The highest BCUT2D eigenvalue weighted by Crippen LogP contribution is 2.36. The van der Waals surface area contributed by atoms with Crippen molar-refractivity contribution in [1.82, 2.24) is 4.90 Å². The number of rotatable bonds is 6. The Morgan fingerprint density at radius 2 is 1.70 bits per heavy atom. The van der Waals surface area contributed by atoms with E-state index in [0.29, 0.717) is 12.2 Å². The summed E-state index contributed by atoms with van der Waals surface area (Å²) in [5.41, 5.74) is 9.34. The normalized spacial score (nSPS) is 15.2. The van der Waals surface area contributed by atoms with Crippen molar-refractivity contribution in [1.29, 1.82) is 0 Å². The largest absolute Gasteiger partial charge is 0.477 e. The minimum Gasteiger partial charge on any atom is -0.477 e. The van der Waals surface area contributed by atoms with Gasteiger partial charge in [0.2, 0.25) is 0 Å².